The highest BCUT2D eigenvalue weighted by atomic mass is 16.2. The maximum absolute atomic E-state index is 12.0. The van der Waals surface area contributed by atoms with Crippen molar-refractivity contribution in [1.29, 1.82) is 0 Å². The Balaban J connectivity index is 2.00. The average Bonchev–Trinajstić information content (AvgIpc) is 2.42. The molecular weight excluding hydrogens is 266 g/mol. The van der Waals surface area contributed by atoms with Crippen LogP contribution in [0.15, 0.2) is 30.5 Å². The minimum Gasteiger partial charge on any atom is -0.362 e. The van der Waals surface area contributed by atoms with Crippen LogP contribution < -0.4 is 5.32 Å². The molecule has 1 saturated carbocycles. The van der Waals surface area contributed by atoms with E-state index in [0.717, 1.165) is 11.3 Å². The largest absolute Gasteiger partial charge is 0.362 e. The minimum atomic E-state index is -1.09. The molecule has 4 heteroatoms. The molecule has 1 N–H and O–H groups in total. The molecule has 1 aliphatic carbocycles. The second kappa shape index (κ2) is 6.48. The van der Waals surface area contributed by atoms with E-state index in [1.54, 1.807) is 0 Å². The van der Waals surface area contributed by atoms with E-state index < -0.39 is 11.7 Å². The van der Waals surface area contributed by atoms with Crippen LogP contribution in [0, 0.1) is 19.8 Å². The molecule has 0 saturated heterocycles. The third-order valence-electron chi connectivity index (χ3n) is 3.78. The van der Waals surface area contributed by atoms with Crippen molar-refractivity contribution in [2.75, 3.05) is 5.32 Å². The van der Waals surface area contributed by atoms with E-state index in [2.05, 4.69) is 5.32 Å². The zero-order valence-corrected chi connectivity index (χ0v) is 12.3. The van der Waals surface area contributed by atoms with E-state index in [4.69, 9.17) is 0 Å². The van der Waals surface area contributed by atoms with Gasteiger partial charge in [0, 0.05) is 24.7 Å². The van der Waals surface area contributed by atoms with Crippen molar-refractivity contribution in [3.8, 4) is 0 Å². The standard InChI is InChI=1S/C17H19NO3/c1-11-6-7-13(10-12(11)2)18-9-8-16(21)17-14(19)4-3-5-15(17)20/h6-10,17-18H,3-5H2,1-2H3. The molecule has 0 bridgehead atoms. The van der Waals surface area contributed by atoms with Gasteiger partial charge in [0.25, 0.3) is 0 Å². The summed E-state index contributed by atoms with van der Waals surface area (Å²) in [5, 5.41) is 2.99. The quantitative estimate of drug-likeness (QED) is 0.682. The number of rotatable bonds is 4. The fraction of sp³-hybridized carbons (Fsp3) is 0.353. The molecule has 1 aromatic rings. The lowest BCUT2D eigenvalue weighted by Gasteiger charge is -2.16. The topological polar surface area (TPSA) is 63.2 Å². The summed E-state index contributed by atoms with van der Waals surface area (Å²) in [4.78, 5) is 35.3. The van der Waals surface area contributed by atoms with E-state index in [0.29, 0.717) is 19.3 Å². The number of ketones is 3. The Morgan fingerprint density at radius 3 is 2.43 bits per heavy atom. The van der Waals surface area contributed by atoms with E-state index >= 15 is 0 Å². The Morgan fingerprint density at radius 2 is 1.81 bits per heavy atom. The molecule has 0 unspecified atom stereocenters. The van der Waals surface area contributed by atoms with Crippen molar-refractivity contribution in [2.24, 2.45) is 5.92 Å². The summed E-state index contributed by atoms with van der Waals surface area (Å²) in [5.41, 5.74) is 3.21. The van der Waals surface area contributed by atoms with E-state index in [1.807, 2.05) is 32.0 Å². The number of benzene rings is 1. The highest BCUT2D eigenvalue weighted by Gasteiger charge is 2.34. The monoisotopic (exact) mass is 285 g/mol. The summed E-state index contributed by atoms with van der Waals surface area (Å²) in [6.45, 7) is 4.04. The number of carbonyl (C=O) groups is 3. The van der Waals surface area contributed by atoms with Crippen LogP contribution in [-0.4, -0.2) is 17.3 Å². The number of aryl methyl sites for hydroxylation is 2. The molecule has 0 spiro atoms. The summed E-state index contributed by atoms with van der Waals surface area (Å²) >= 11 is 0. The van der Waals surface area contributed by atoms with Crippen molar-refractivity contribution >= 4 is 23.0 Å². The van der Waals surface area contributed by atoms with Gasteiger partial charge in [0.2, 0.25) is 0 Å². The SMILES string of the molecule is Cc1ccc(NC=CC(=O)C2C(=O)CCCC2=O)cc1C. The molecule has 4 nitrogen and oxygen atoms in total. The first-order chi connectivity index (χ1) is 9.99. The van der Waals surface area contributed by atoms with Gasteiger partial charge in [0.15, 0.2) is 17.3 Å². The average molecular weight is 285 g/mol. The molecule has 110 valence electrons. The van der Waals surface area contributed by atoms with Crippen molar-refractivity contribution in [1.82, 2.24) is 0 Å². The normalized spacial score (nSPS) is 16.5. The van der Waals surface area contributed by atoms with E-state index in [-0.39, 0.29) is 11.6 Å². The highest BCUT2D eigenvalue weighted by molar-refractivity contribution is 6.23. The molecule has 1 aliphatic rings. The first kappa shape index (κ1) is 15.2. The Labute approximate surface area is 124 Å². The van der Waals surface area contributed by atoms with Gasteiger partial charge in [-0.3, -0.25) is 14.4 Å². The van der Waals surface area contributed by atoms with Gasteiger partial charge < -0.3 is 5.32 Å². The van der Waals surface area contributed by atoms with Gasteiger partial charge in [-0.1, -0.05) is 6.07 Å². The van der Waals surface area contributed by atoms with Crippen molar-refractivity contribution in [2.45, 2.75) is 33.1 Å². The Morgan fingerprint density at radius 1 is 1.14 bits per heavy atom. The Bertz CT molecular complexity index is 600. The van der Waals surface area contributed by atoms with Crippen molar-refractivity contribution in [3.63, 3.8) is 0 Å². The van der Waals surface area contributed by atoms with Gasteiger partial charge >= 0.3 is 0 Å². The summed E-state index contributed by atoms with van der Waals surface area (Å²) in [6, 6.07) is 5.87. The predicted octanol–water partition coefficient (Wildman–Crippen LogP) is 2.74. The molecule has 0 heterocycles. The van der Waals surface area contributed by atoms with Crippen LogP contribution in [0.1, 0.15) is 30.4 Å². The molecule has 0 atom stereocenters. The van der Waals surface area contributed by atoms with Gasteiger partial charge in [-0.05, 0) is 49.6 Å². The number of hydrogen-bond acceptors (Lipinski definition) is 4. The molecule has 21 heavy (non-hydrogen) atoms. The van der Waals surface area contributed by atoms with Crippen LogP contribution >= 0.6 is 0 Å². The van der Waals surface area contributed by atoms with Gasteiger partial charge in [-0.25, -0.2) is 0 Å². The lowest BCUT2D eigenvalue weighted by molar-refractivity contribution is -0.140. The molecule has 1 fully saturated rings. The van der Waals surface area contributed by atoms with Crippen molar-refractivity contribution < 1.29 is 14.4 Å². The maximum Gasteiger partial charge on any atom is 0.175 e. The molecule has 0 aromatic heterocycles. The smallest absolute Gasteiger partial charge is 0.175 e. The first-order valence-electron chi connectivity index (χ1n) is 7.08. The fourth-order valence-electron chi connectivity index (χ4n) is 2.37. The number of anilines is 1. The van der Waals surface area contributed by atoms with Crippen LogP contribution in [-0.2, 0) is 14.4 Å². The van der Waals surface area contributed by atoms with Gasteiger partial charge in [0.1, 0.15) is 5.92 Å². The Hall–Kier alpha value is -2.23. The second-order valence-electron chi connectivity index (χ2n) is 5.40. The lowest BCUT2D eigenvalue weighted by atomic mass is 9.84. The molecule has 0 aliphatic heterocycles. The summed E-state index contributed by atoms with van der Waals surface area (Å²) in [6.07, 6.45) is 3.97. The Kier molecular flexibility index (Phi) is 4.68. The van der Waals surface area contributed by atoms with Crippen molar-refractivity contribution in [3.05, 3.63) is 41.6 Å². The van der Waals surface area contributed by atoms with E-state index in [9.17, 15) is 14.4 Å². The predicted molar refractivity (Wildman–Crippen MR) is 81.0 cm³/mol. The third kappa shape index (κ3) is 3.66. The molecular formula is C17H19NO3. The molecule has 0 radical (unpaired) electrons. The van der Waals surface area contributed by atoms with E-state index in [1.165, 1.54) is 17.8 Å². The summed E-state index contributed by atoms with van der Waals surface area (Å²) in [7, 11) is 0. The zero-order valence-electron chi connectivity index (χ0n) is 12.3. The molecule has 2 rings (SSSR count). The highest BCUT2D eigenvalue weighted by Crippen LogP contribution is 2.19. The number of allylic oxidation sites excluding steroid dienone is 1. The summed E-state index contributed by atoms with van der Waals surface area (Å²) < 4.78 is 0. The first-order valence-corrected chi connectivity index (χ1v) is 7.08. The number of nitrogens with one attached hydrogen (secondary N) is 1. The van der Waals surface area contributed by atoms with Crippen LogP contribution in [0.2, 0.25) is 0 Å². The molecule has 1 aromatic carbocycles. The van der Waals surface area contributed by atoms with Gasteiger partial charge in [-0.15, -0.1) is 0 Å². The van der Waals surface area contributed by atoms with Gasteiger partial charge in [-0.2, -0.15) is 0 Å². The van der Waals surface area contributed by atoms with Crippen LogP contribution in [0.5, 0.6) is 0 Å². The van der Waals surface area contributed by atoms with Crippen LogP contribution in [0.4, 0.5) is 5.69 Å². The minimum absolute atomic E-state index is 0.257. The number of hydrogen-bond donors (Lipinski definition) is 1. The summed E-state index contributed by atoms with van der Waals surface area (Å²) in [5.74, 6) is -2.03. The third-order valence-corrected chi connectivity index (χ3v) is 3.78. The second-order valence-corrected chi connectivity index (χ2v) is 5.40. The number of carbonyl (C=O) groups excluding carboxylic acids is 3. The fourth-order valence-corrected chi connectivity index (χ4v) is 2.37. The lowest BCUT2D eigenvalue weighted by Crippen LogP contribution is -2.34. The van der Waals surface area contributed by atoms with Crippen LogP contribution in [0.25, 0.3) is 0 Å². The maximum atomic E-state index is 12.0. The van der Waals surface area contributed by atoms with Crippen LogP contribution in [0.3, 0.4) is 0 Å². The molecule has 0 amide bonds. The number of Topliss-reactive ketones (excluding diaryl/α,β-unsaturated/α-hetero) is 2. The van der Waals surface area contributed by atoms with Gasteiger partial charge in [0.05, 0.1) is 0 Å². The zero-order chi connectivity index (χ0) is 15.4.